The van der Waals surface area contributed by atoms with Gasteiger partial charge >= 0.3 is 5.97 Å². The summed E-state index contributed by atoms with van der Waals surface area (Å²) in [6.45, 7) is 5.23. The van der Waals surface area contributed by atoms with Gasteiger partial charge in [-0.25, -0.2) is 14.4 Å². The predicted octanol–water partition coefficient (Wildman–Crippen LogP) is 2.37. The predicted molar refractivity (Wildman–Crippen MR) is 82.8 cm³/mol. The number of aryl methyl sites for hydroxylation is 2. The van der Waals surface area contributed by atoms with Crippen LogP contribution in [0.4, 0.5) is 4.39 Å². The van der Waals surface area contributed by atoms with Gasteiger partial charge in [-0.1, -0.05) is 0 Å². The molecule has 122 valence electrons. The first kappa shape index (κ1) is 16.8. The van der Waals surface area contributed by atoms with Crippen molar-refractivity contribution in [3.8, 4) is 0 Å². The second kappa shape index (κ2) is 6.68. The molecule has 1 heterocycles. The number of aromatic nitrogens is 2. The Morgan fingerprint density at radius 1 is 1.26 bits per heavy atom. The molecule has 2 aromatic rings. The highest BCUT2D eigenvalue weighted by Gasteiger charge is 2.17. The van der Waals surface area contributed by atoms with Crippen LogP contribution in [-0.2, 0) is 4.79 Å². The summed E-state index contributed by atoms with van der Waals surface area (Å²) in [6, 6.07) is 2.00. The summed E-state index contributed by atoms with van der Waals surface area (Å²) in [5.74, 6) is -2.00. The van der Waals surface area contributed by atoms with Crippen LogP contribution in [0.3, 0.4) is 0 Å². The van der Waals surface area contributed by atoms with E-state index in [1.54, 1.807) is 20.8 Å². The quantitative estimate of drug-likeness (QED) is 0.882. The van der Waals surface area contributed by atoms with E-state index < -0.39 is 17.7 Å². The number of carbonyl (C=O) groups excluding carboxylic acids is 1. The summed E-state index contributed by atoms with van der Waals surface area (Å²) < 4.78 is 13.8. The minimum absolute atomic E-state index is 0.0521. The number of halogens is 1. The smallest absolute Gasteiger partial charge is 0.303 e. The molecule has 0 aliphatic rings. The van der Waals surface area contributed by atoms with Crippen LogP contribution in [0.1, 0.15) is 41.5 Å². The number of amides is 1. The number of hydrogen-bond donors (Lipinski definition) is 2. The van der Waals surface area contributed by atoms with E-state index in [1.807, 2.05) is 0 Å². The fourth-order valence-corrected chi connectivity index (χ4v) is 2.18. The minimum Gasteiger partial charge on any atom is -0.481 e. The van der Waals surface area contributed by atoms with Crippen LogP contribution in [0.15, 0.2) is 12.1 Å². The van der Waals surface area contributed by atoms with Gasteiger partial charge in [0, 0.05) is 18.5 Å². The Balaban J connectivity index is 2.32. The van der Waals surface area contributed by atoms with Crippen molar-refractivity contribution in [2.24, 2.45) is 0 Å². The normalized spacial score (nSPS) is 12.2. The van der Waals surface area contributed by atoms with Gasteiger partial charge in [0.25, 0.3) is 5.91 Å². The lowest BCUT2D eigenvalue weighted by atomic mass is 10.1. The number of aliphatic carboxylic acids is 1. The van der Waals surface area contributed by atoms with Crippen molar-refractivity contribution in [1.82, 2.24) is 15.3 Å². The van der Waals surface area contributed by atoms with E-state index in [2.05, 4.69) is 15.3 Å². The molecular weight excluding hydrogens is 301 g/mol. The number of nitrogens with zero attached hydrogens (tertiary/aromatic N) is 2. The Morgan fingerprint density at radius 3 is 2.57 bits per heavy atom. The van der Waals surface area contributed by atoms with E-state index in [0.717, 1.165) is 6.07 Å². The van der Waals surface area contributed by atoms with Gasteiger partial charge in [0.2, 0.25) is 0 Å². The monoisotopic (exact) mass is 319 g/mol. The van der Waals surface area contributed by atoms with Crippen LogP contribution in [0.5, 0.6) is 0 Å². The van der Waals surface area contributed by atoms with Crippen molar-refractivity contribution < 1.29 is 19.1 Å². The van der Waals surface area contributed by atoms with Crippen molar-refractivity contribution in [3.05, 3.63) is 34.9 Å². The van der Waals surface area contributed by atoms with Gasteiger partial charge in [0.15, 0.2) is 0 Å². The summed E-state index contributed by atoms with van der Waals surface area (Å²) >= 11 is 0. The molecule has 1 aromatic carbocycles. The number of fused-ring (bicyclic) bond motifs is 1. The molecule has 6 nitrogen and oxygen atoms in total. The molecule has 0 saturated heterocycles. The Bertz CT molecular complexity index is 777. The van der Waals surface area contributed by atoms with Gasteiger partial charge < -0.3 is 10.4 Å². The molecular formula is C16H18FN3O3. The molecule has 1 unspecified atom stereocenters. The average molecular weight is 319 g/mol. The van der Waals surface area contributed by atoms with Crippen LogP contribution in [0, 0.1) is 19.7 Å². The number of hydrogen-bond acceptors (Lipinski definition) is 4. The zero-order chi connectivity index (χ0) is 17.1. The van der Waals surface area contributed by atoms with E-state index in [0.29, 0.717) is 22.4 Å². The van der Waals surface area contributed by atoms with Crippen molar-refractivity contribution in [2.75, 3.05) is 0 Å². The highest BCUT2D eigenvalue weighted by molar-refractivity contribution is 6.04. The summed E-state index contributed by atoms with van der Waals surface area (Å²) in [6.07, 6.45) is 0.238. The highest BCUT2D eigenvalue weighted by atomic mass is 19.1. The van der Waals surface area contributed by atoms with Gasteiger partial charge in [-0.15, -0.1) is 0 Å². The van der Waals surface area contributed by atoms with Crippen LogP contribution >= 0.6 is 0 Å². The average Bonchev–Trinajstić information content (AvgIpc) is 2.46. The molecule has 7 heteroatoms. The molecule has 2 N–H and O–H groups in total. The fourth-order valence-electron chi connectivity index (χ4n) is 2.18. The number of carboxylic acids is 1. The molecule has 0 spiro atoms. The molecule has 2 rings (SSSR count). The minimum atomic E-state index is -0.931. The van der Waals surface area contributed by atoms with E-state index in [1.165, 1.54) is 6.07 Å². The molecule has 1 amide bonds. The maximum absolute atomic E-state index is 13.8. The molecule has 0 bridgehead atoms. The van der Waals surface area contributed by atoms with Gasteiger partial charge in [-0.2, -0.15) is 0 Å². The molecule has 1 atom stereocenters. The van der Waals surface area contributed by atoms with Gasteiger partial charge in [0.1, 0.15) is 11.3 Å². The molecule has 23 heavy (non-hydrogen) atoms. The third kappa shape index (κ3) is 4.00. The maximum Gasteiger partial charge on any atom is 0.303 e. The van der Waals surface area contributed by atoms with Crippen molar-refractivity contribution >= 4 is 22.9 Å². The van der Waals surface area contributed by atoms with Gasteiger partial charge in [0.05, 0.1) is 22.5 Å². The summed E-state index contributed by atoms with van der Waals surface area (Å²) in [5, 5.41) is 11.3. The number of carbonyl (C=O) groups is 2. The molecule has 0 aliphatic carbocycles. The third-order valence-electron chi connectivity index (χ3n) is 3.56. The van der Waals surface area contributed by atoms with Gasteiger partial charge in [-0.05, 0) is 33.3 Å². The Labute approximate surface area is 132 Å². The van der Waals surface area contributed by atoms with Crippen molar-refractivity contribution in [3.63, 3.8) is 0 Å². The molecule has 0 fully saturated rings. The lowest BCUT2D eigenvalue weighted by Gasteiger charge is -2.14. The van der Waals surface area contributed by atoms with Crippen molar-refractivity contribution in [1.29, 1.82) is 0 Å². The number of benzene rings is 1. The standard InChI is InChI=1S/C16H18FN3O3/c1-8(4-5-14(21)22)18-16(23)12-6-11(17)7-13-15(12)20-10(3)9(2)19-13/h6-8H,4-5H2,1-3H3,(H,18,23)(H,21,22). The largest absolute Gasteiger partial charge is 0.481 e. The zero-order valence-corrected chi connectivity index (χ0v) is 13.2. The zero-order valence-electron chi connectivity index (χ0n) is 13.2. The second-order valence-corrected chi connectivity index (χ2v) is 5.52. The van der Waals surface area contributed by atoms with E-state index in [4.69, 9.17) is 5.11 Å². The summed E-state index contributed by atoms with van der Waals surface area (Å²) in [4.78, 5) is 31.5. The number of carboxylic acid groups (broad SMARTS) is 1. The molecule has 1 aromatic heterocycles. The number of rotatable bonds is 5. The lowest BCUT2D eigenvalue weighted by molar-refractivity contribution is -0.137. The summed E-state index contributed by atoms with van der Waals surface area (Å²) in [7, 11) is 0. The van der Waals surface area contributed by atoms with Crippen LogP contribution < -0.4 is 5.32 Å². The van der Waals surface area contributed by atoms with E-state index >= 15 is 0 Å². The van der Waals surface area contributed by atoms with Crippen LogP contribution in [0.25, 0.3) is 11.0 Å². The van der Waals surface area contributed by atoms with Gasteiger partial charge in [-0.3, -0.25) is 9.59 Å². The van der Waals surface area contributed by atoms with Crippen LogP contribution in [0.2, 0.25) is 0 Å². The lowest BCUT2D eigenvalue weighted by Crippen LogP contribution is -2.33. The maximum atomic E-state index is 13.8. The highest BCUT2D eigenvalue weighted by Crippen LogP contribution is 2.19. The van der Waals surface area contributed by atoms with E-state index in [9.17, 15) is 14.0 Å². The van der Waals surface area contributed by atoms with Crippen molar-refractivity contribution in [2.45, 2.75) is 39.7 Å². The first-order valence-corrected chi connectivity index (χ1v) is 7.25. The molecule has 0 radical (unpaired) electrons. The Kier molecular flexibility index (Phi) is 4.88. The number of nitrogens with one attached hydrogen (secondary N) is 1. The first-order chi connectivity index (χ1) is 10.8. The second-order valence-electron chi connectivity index (χ2n) is 5.52. The third-order valence-corrected chi connectivity index (χ3v) is 3.56. The Morgan fingerprint density at radius 2 is 1.91 bits per heavy atom. The molecule has 0 aliphatic heterocycles. The first-order valence-electron chi connectivity index (χ1n) is 7.25. The molecule has 0 saturated carbocycles. The van der Waals surface area contributed by atoms with E-state index in [-0.39, 0.29) is 24.4 Å². The van der Waals surface area contributed by atoms with Crippen LogP contribution in [-0.4, -0.2) is 33.0 Å². The Hall–Kier alpha value is -2.57. The fraction of sp³-hybridized carbons (Fsp3) is 0.375. The topological polar surface area (TPSA) is 92.2 Å². The summed E-state index contributed by atoms with van der Waals surface area (Å²) in [5.41, 5.74) is 2.08. The SMILES string of the molecule is Cc1nc2cc(F)cc(C(=O)NC(C)CCC(=O)O)c2nc1C.